The molecule has 1 aliphatic rings. The molecule has 2 aromatic rings. The lowest BCUT2D eigenvalue weighted by atomic mass is 9.75. The molecule has 0 aliphatic heterocycles. The van der Waals surface area contributed by atoms with Gasteiger partial charge in [-0.05, 0) is 60.1 Å². The minimum Gasteiger partial charge on any atom is -0.398 e. The number of rotatable bonds is 2. The number of aromatic nitrogens is 4. The third kappa shape index (κ3) is 2.64. The smallest absolute Gasteiger partial charge is 0.182 e. The quantitative estimate of drug-likeness (QED) is 0.859. The Hall–Kier alpha value is -1.91. The van der Waals surface area contributed by atoms with Gasteiger partial charge >= 0.3 is 0 Å². The number of nitrogen functional groups attached to an aromatic ring is 1. The van der Waals surface area contributed by atoms with Crippen molar-refractivity contribution >= 4 is 5.69 Å². The Bertz CT molecular complexity index is 634. The molecule has 5 nitrogen and oxygen atoms in total. The van der Waals surface area contributed by atoms with Crippen LogP contribution in [0.2, 0.25) is 0 Å². The molecular weight excluding hydrogens is 262 g/mol. The topological polar surface area (TPSA) is 69.6 Å². The van der Waals surface area contributed by atoms with E-state index in [-0.39, 0.29) is 0 Å². The zero-order valence-electron chi connectivity index (χ0n) is 13.0. The summed E-state index contributed by atoms with van der Waals surface area (Å²) in [7, 11) is 0. The summed E-state index contributed by atoms with van der Waals surface area (Å²) >= 11 is 0. The van der Waals surface area contributed by atoms with Crippen LogP contribution in [0.5, 0.6) is 0 Å². The molecule has 1 saturated carbocycles. The third-order valence-electron chi connectivity index (χ3n) is 4.76. The zero-order valence-corrected chi connectivity index (χ0v) is 13.0. The van der Waals surface area contributed by atoms with E-state index in [4.69, 9.17) is 5.73 Å². The van der Waals surface area contributed by atoms with Crippen LogP contribution in [0.25, 0.3) is 11.4 Å². The summed E-state index contributed by atoms with van der Waals surface area (Å²) < 4.78 is 2.00. The minimum atomic E-state index is 0.392. The monoisotopic (exact) mass is 285 g/mol. The van der Waals surface area contributed by atoms with E-state index >= 15 is 0 Å². The summed E-state index contributed by atoms with van der Waals surface area (Å²) in [6.07, 6.45) is 4.69. The third-order valence-corrected chi connectivity index (χ3v) is 4.76. The molecule has 0 saturated heterocycles. The molecule has 21 heavy (non-hydrogen) atoms. The lowest BCUT2D eigenvalue weighted by Crippen LogP contribution is -2.24. The van der Waals surface area contributed by atoms with Crippen molar-refractivity contribution in [2.75, 3.05) is 5.73 Å². The van der Waals surface area contributed by atoms with E-state index in [9.17, 15) is 0 Å². The number of hydrogen-bond donors (Lipinski definition) is 1. The summed E-state index contributed by atoms with van der Waals surface area (Å²) in [4.78, 5) is 0. The maximum Gasteiger partial charge on any atom is 0.182 e. The molecule has 2 N–H and O–H groups in total. The Labute approximate surface area is 125 Å². The van der Waals surface area contributed by atoms with Gasteiger partial charge in [-0.1, -0.05) is 26.0 Å². The van der Waals surface area contributed by atoms with Crippen molar-refractivity contribution in [1.82, 2.24) is 20.2 Å². The van der Waals surface area contributed by atoms with Crippen LogP contribution in [-0.2, 0) is 0 Å². The second-order valence-corrected chi connectivity index (χ2v) is 6.86. The van der Waals surface area contributed by atoms with Gasteiger partial charge in [0.1, 0.15) is 0 Å². The lowest BCUT2D eigenvalue weighted by molar-refractivity contribution is 0.185. The molecule has 0 atom stereocenters. The molecular formula is C16H23N5. The van der Waals surface area contributed by atoms with Crippen molar-refractivity contribution < 1.29 is 0 Å². The van der Waals surface area contributed by atoms with E-state index in [1.807, 2.05) is 29.8 Å². The zero-order chi connectivity index (χ0) is 15.0. The number of benzene rings is 1. The highest BCUT2D eigenvalue weighted by molar-refractivity contribution is 5.67. The van der Waals surface area contributed by atoms with Crippen molar-refractivity contribution in [3.8, 4) is 11.4 Å². The average molecular weight is 285 g/mol. The molecule has 1 aromatic heterocycles. The molecule has 0 unspecified atom stereocenters. The van der Waals surface area contributed by atoms with Gasteiger partial charge in [0.2, 0.25) is 0 Å². The molecule has 112 valence electrons. The summed E-state index contributed by atoms with van der Waals surface area (Å²) in [5.41, 5.74) is 9.32. The van der Waals surface area contributed by atoms with Gasteiger partial charge in [0, 0.05) is 11.3 Å². The predicted octanol–water partition coefficient (Wildman–Crippen LogP) is 3.37. The number of anilines is 1. The fourth-order valence-corrected chi connectivity index (χ4v) is 3.14. The highest BCUT2D eigenvalue weighted by Gasteiger charge is 2.30. The van der Waals surface area contributed by atoms with Gasteiger partial charge in [-0.25, -0.2) is 4.68 Å². The standard InChI is InChI=1S/C16H23N5/c1-11-13(5-4-6-14(11)17)15-18-19-20-21(15)12-7-9-16(2,3)10-8-12/h4-6,12H,7-10,17H2,1-3H3. The Balaban J connectivity index is 1.93. The van der Waals surface area contributed by atoms with Crippen LogP contribution < -0.4 is 5.73 Å². The number of nitrogens with two attached hydrogens (primary N) is 1. The SMILES string of the molecule is Cc1c(N)cccc1-c1nnnn1C1CCC(C)(C)CC1. The maximum absolute atomic E-state index is 6.01. The number of nitrogens with zero attached hydrogens (tertiary/aromatic N) is 4. The van der Waals surface area contributed by atoms with Crippen molar-refractivity contribution in [2.45, 2.75) is 52.5 Å². The molecule has 0 spiro atoms. The van der Waals surface area contributed by atoms with Gasteiger partial charge in [-0.3, -0.25) is 0 Å². The van der Waals surface area contributed by atoms with Crippen molar-refractivity contribution in [1.29, 1.82) is 0 Å². The van der Waals surface area contributed by atoms with Crippen LogP contribution in [-0.4, -0.2) is 20.2 Å². The largest absolute Gasteiger partial charge is 0.398 e. The first kappa shape index (κ1) is 14.0. The predicted molar refractivity (Wildman–Crippen MR) is 83.7 cm³/mol. The van der Waals surface area contributed by atoms with Crippen molar-refractivity contribution in [2.24, 2.45) is 5.41 Å². The van der Waals surface area contributed by atoms with Crippen LogP contribution in [0.15, 0.2) is 18.2 Å². The van der Waals surface area contributed by atoms with Gasteiger partial charge < -0.3 is 5.73 Å². The normalized spacial score (nSPS) is 18.8. The molecule has 1 aromatic carbocycles. The molecule has 1 heterocycles. The van der Waals surface area contributed by atoms with E-state index in [2.05, 4.69) is 29.4 Å². The molecule has 1 fully saturated rings. The second-order valence-electron chi connectivity index (χ2n) is 6.86. The average Bonchev–Trinajstić information content (AvgIpc) is 2.91. The first-order chi connectivity index (χ1) is 9.98. The van der Waals surface area contributed by atoms with E-state index in [1.54, 1.807) is 0 Å². The van der Waals surface area contributed by atoms with Crippen LogP contribution in [0, 0.1) is 12.3 Å². The molecule has 0 radical (unpaired) electrons. The van der Waals surface area contributed by atoms with Gasteiger partial charge in [-0.15, -0.1) is 5.10 Å². The van der Waals surface area contributed by atoms with E-state index < -0.39 is 0 Å². The van der Waals surface area contributed by atoms with Crippen LogP contribution in [0.4, 0.5) is 5.69 Å². The van der Waals surface area contributed by atoms with Gasteiger partial charge in [0.05, 0.1) is 6.04 Å². The van der Waals surface area contributed by atoms with E-state index in [0.29, 0.717) is 11.5 Å². The Kier molecular flexibility index (Phi) is 3.43. The van der Waals surface area contributed by atoms with Crippen molar-refractivity contribution in [3.05, 3.63) is 23.8 Å². The summed E-state index contributed by atoms with van der Waals surface area (Å²) in [5.74, 6) is 0.838. The summed E-state index contributed by atoms with van der Waals surface area (Å²) in [6, 6.07) is 6.31. The fraction of sp³-hybridized carbons (Fsp3) is 0.562. The van der Waals surface area contributed by atoms with Crippen LogP contribution in [0.3, 0.4) is 0 Å². The Morgan fingerprint density at radius 1 is 1.24 bits per heavy atom. The molecule has 0 amide bonds. The van der Waals surface area contributed by atoms with Crippen molar-refractivity contribution in [3.63, 3.8) is 0 Å². The van der Waals surface area contributed by atoms with Crippen LogP contribution >= 0.6 is 0 Å². The first-order valence-corrected chi connectivity index (χ1v) is 7.61. The van der Waals surface area contributed by atoms with Gasteiger partial charge in [-0.2, -0.15) is 0 Å². The van der Waals surface area contributed by atoms with E-state index in [1.165, 1.54) is 12.8 Å². The number of hydrogen-bond acceptors (Lipinski definition) is 4. The molecule has 0 bridgehead atoms. The molecule has 5 heteroatoms. The summed E-state index contributed by atoms with van der Waals surface area (Å²) in [5, 5.41) is 12.4. The lowest BCUT2D eigenvalue weighted by Gasteiger charge is -2.34. The van der Waals surface area contributed by atoms with Crippen LogP contribution in [0.1, 0.15) is 51.1 Å². The Morgan fingerprint density at radius 3 is 2.67 bits per heavy atom. The minimum absolute atomic E-state index is 0.392. The molecule has 3 rings (SSSR count). The van der Waals surface area contributed by atoms with Gasteiger partial charge in [0.25, 0.3) is 0 Å². The fourth-order valence-electron chi connectivity index (χ4n) is 3.14. The first-order valence-electron chi connectivity index (χ1n) is 7.61. The van der Waals surface area contributed by atoms with E-state index in [0.717, 1.165) is 35.5 Å². The maximum atomic E-state index is 6.01. The highest BCUT2D eigenvalue weighted by atomic mass is 15.5. The Morgan fingerprint density at radius 2 is 1.95 bits per heavy atom. The van der Waals surface area contributed by atoms with Gasteiger partial charge in [0.15, 0.2) is 5.82 Å². The second kappa shape index (κ2) is 5.13. The summed E-state index contributed by atoms with van der Waals surface area (Å²) in [6.45, 7) is 6.70. The highest BCUT2D eigenvalue weighted by Crippen LogP contribution is 2.41. The number of tetrazole rings is 1. The molecule has 1 aliphatic carbocycles.